The number of aryl methyl sites for hydroxylation is 2. The molecule has 0 saturated heterocycles. The maximum atomic E-state index is 12.2. The van der Waals surface area contributed by atoms with Crippen molar-refractivity contribution in [3.05, 3.63) is 47.1 Å². The van der Waals surface area contributed by atoms with Gasteiger partial charge in [0.05, 0.1) is 5.69 Å². The monoisotopic (exact) mass is 392 g/mol. The van der Waals surface area contributed by atoms with Crippen LogP contribution in [-0.4, -0.2) is 41.0 Å². The molecule has 138 valence electrons. The van der Waals surface area contributed by atoms with Crippen LogP contribution >= 0.6 is 11.3 Å². The van der Waals surface area contributed by atoms with Crippen LogP contribution in [0.2, 0.25) is 0 Å². The number of nitrogens with one attached hydrogen (secondary N) is 2. The number of sulfonamides is 1. The average Bonchev–Trinajstić information content (AvgIpc) is 3.19. The third kappa shape index (κ3) is 4.09. The topological polar surface area (TPSA) is 102 Å². The Morgan fingerprint density at radius 1 is 1.12 bits per heavy atom. The lowest BCUT2D eigenvalue weighted by molar-refractivity contribution is 0.585. The quantitative estimate of drug-likeness (QED) is 0.597. The summed E-state index contributed by atoms with van der Waals surface area (Å²) < 4.78 is 29.1. The molecule has 0 aliphatic heterocycles. The molecule has 0 aliphatic carbocycles. The van der Waals surface area contributed by atoms with Crippen LogP contribution in [0.1, 0.15) is 16.3 Å². The van der Waals surface area contributed by atoms with Gasteiger partial charge in [-0.25, -0.2) is 28.1 Å². The molecule has 0 aromatic carbocycles. The fourth-order valence-corrected chi connectivity index (χ4v) is 4.67. The molecular weight excluding hydrogens is 372 g/mol. The van der Waals surface area contributed by atoms with Crippen molar-refractivity contribution in [2.24, 2.45) is 0 Å². The molecule has 3 aromatic rings. The predicted octanol–water partition coefficient (Wildman–Crippen LogP) is 2.04. The summed E-state index contributed by atoms with van der Waals surface area (Å²) in [7, 11) is -3.46. The number of hydrogen-bond donors (Lipinski definition) is 2. The highest BCUT2D eigenvalue weighted by atomic mass is 32.2. The number of hydrogen-bond acceptors (Lipinski definition) is 7. The van der Waals surface area contributed by atoms with Crippen LogP contribution < -0.4 is 10.0 Å². The van der Waals surface area contributed by atoms with Crippen LogP contribution in [0.5, 0.6) is 0 Å². The van der Waals surface area contributed by atoms with Gasteiger partial charge in [0.25, 0.3) is 0 Å². The largest absolute Gasteiger partial charge is 0.369 e. The molecule has 0 unspecified atom stereocenters. The second kappa shape index (κ2) is 7.52. The molecule has 26 heavy (non-hydrogen) atoms. The van der Waals surface area contributed by atoms with Crippen LogP contribution in [0, 0.1) is 20.8 Å². The predicted molar refractivity (Wildman–Crippen MR) is 101 cm³/mol. The van der Waals surface area contributed by atoms with Crippen LogP contribution in [0.3, 0.4) is 0 Å². The summed E-state index contributed by atoms with van der Waals surface area (Å²) in [6.45, 7) is 6.44. The van der Waals surface area contributed by atoms with Crippen molar-refractivity contribution >= 4 is 27.2 Å². The summed E-state index contributed by atoms with van der Waals surface area (Å²) in [4.78, 5) is 13.6. The minimum atomic E-state index is -3.46. The first-order chi connectivity index (χ1) is 12.4. The standard InChI is InChI=1S/C16H20N6O2S2/c1-11-4-5-16(25-11)26(23,24)21-7-6-17-14-8-15(19-9-18-14)22-10-20-12(2)13(22)3/h4-5,8-10,21H,6-7H2,1-3H3,(H,17,18,19). The van der Waals surface area contributed by atoms with Crippen LogP contribution in [0.4, 0.5) is 5.82 Å². The maximum Gasteiger partial charge on any atom is 0.250 e. The fourth-order valence-electron chi connectivity index (χ4n) is 2.31. The van der Waals surface area contributed by atoms with E-state index in [9.17, 15) is 8.42 Å². The van der Waals surface area contributed by atoms with Gasteiger partial charge in [0.15, 0.2) is 0 Å². The van der Waals surface area contributed by atoms with Crippen molar-refractivity contribution in [1.82, 2.24) is 24.2 Å². The van der Waals surface area contributed by atoms with Gasteiger partial charge in [-0.2, -0.15) is 0 Å². The summed E-state index contributed by atoms with van der Waals surface area (Å²) in [5.74, 6) is 1.32. The van der Waals surface area contributed by atoms with E-state index >= 15 is 0 Å². The lowest BCUT2D eigenvalue weighted by Gasteiger charge is -2.09. The van der Waals surface area contributed by atoms with E-state index in [2.05, 4.69) is 25.0 Å². The Morgan fingerprint density at radius 3 is 2.58 bits per heavy atom. The van der Waals surface area contributed by atoms with Crippen LogP contribution in [0.25, 0.3) is 5.82 Å². The number of rotatable bonds is 7. The van der Waals surface area contributed by atoms with Gasteiger partial charge in [-0.3, -0.25) is 4.57 Å². The minimum absolute atomic E-state index is 0.252. The molecule has 8 nitrogen and oxygen atoms in total. The second-order valence-corrected chi connectivity index (χ2v) is 9.02. The first-order valence-electron chi connectivity index (χ1n) is 8.00. The zero-order valence-electron chi connectivity index (χ0n) is 14.7. The van der Waals surface area contributed by atoms with Gasteiger partial charge in [0.1, 0.15) is 28.5 Å². The van der Waals surface area contributed by atoms with Crippen molar-refractivity contribution in [3.63, 3.8) is 0 Å². The normalized spacial score (nSPS) is 11.7. The van der Waals surface area contributed by atoms with Gasteiger partial charge in [-0.15, -0.1) is 11.3 Å². The fraction of sp³-hybridized carbons (Fsp3) is 0.312. The molecule has 10 heteroatoms. The zero-order valence-corrected chi connectivity index (χ0v) is 16.4. The highest BCUT2D eigenvalue weighted by Gasteiger charge is 2.15. The Balaban J connectivity index is 1.59. The minimum Gasteiger partial charge on any atom is -0.369 e. The molecule has 2 N–H and O–H groups in total. The average molecular weight is 393 g/mol. The molecule has 0 atom stereocenters. The molecule has 0 amide bonds. The van der Waals surface area contributed by atoms with Gasteiger partial charge in [-0.05, 0) is 32.9 Å². The van der Waals surface area contributed by atoms with Crippen LogP contribution in [-0.2, 0) is 10.0 Å². The molecule has 0 fully saturated rings. The Bertz CT molecular complexity index is 1010. The zero-order chi connectivity index (χ0) is 18.7. The van der Waals surface area contributed by atoms with Gasteiger partial charge in [-0.1, -0.05) is 0 Å². The van der Waals surface area contributed by atoms with E-state index in [1.54, 1.807) is 24.5 Å². The summed E-state index contributed by atoms with van der Waals surface area (Å²) >= 11 is 1.25. The third-order valence-electron chi connectivity index (χ3n) is 3.86. The number of aromatic nitrogens is 4. The van der Waals surface area contributed by atoms with E-state index in [0.29, 0.717) is 22.4 Å². The van der Waals surface area contributed by atoms with E-state index in [1.165, 1.54) is 17.7 Å². The highest BCUT2D eigenvalue weighted by molar-refractivity contribution is 7.91. The highest BCUT2D eigenvalue weighted by Crippen LogP contribution is 2.20. The van der Waals surface area contributed by atoms with E-state index in [0.717, 1.165) is 16.3 Å². The van der Waals surface area contributed by atoms with Gasteiger partial charge >= 0.3 is 0 Å². The van der Waals surface area contributed by atoms with Crippen LogP contribution in [0.15, 0.2) is 35.1 Å². The maximum absolute atomic E-state index is 12.2. The summed E-state index contributed by atoms with van der Waals surface area (Å²) in [5, 5.41) is 3.10. The first kappa shape index (κ1) is 18.5. The molecule has 0 spiro atoms. The van der Waals surface area contributed by atoms with Crippen molar-refractivity contribution in [2.75, 3.05) is 18.4 Å². The first-order valence-corrected chi connectivity index (χ1v) is 10.3. The van der Waals surface area contributed by atoms with Crippen molar-refractivity contribution < 1.29 is 8.42 Å². The SMILES string of the molecule is Cc1ccc(S(=O)(=O)NCCNc2cc(-n3cnc(C)c3C)ncn2)s1. The molecular formula is C16H20N6O2S2. The molecule has 0 bridgehead atoms. The lowest BCUT2D eigenvalue weighted by Crippen LogP contribution is -2.28. The van der Waals surface area contributed by atoms with E-state index in [1.807, 2.05) is 25.3 Å². The van der Waals surface area contributed by atoms with Crippen molar-refractivity contribution in [1.29, 1.82) is 0 Å². The Hall–Kier alpha value is -2.30. The smallest absolute Gasteiger partial charge is 0.250 e. The van der Waals surface area contributed by atoms with Gasteiger partial charge in [0, 0.05) is 29.7 Å². The van der Waals surface area contributed by atoms with Crippen molar-refractivity contribution in [2.45, 2.75) is 25.0 Å². The number of anilines is 1. The number of imidazole rings is 1. The second-order valence-electron chi connectivity index (χ2n) is 5.74. The molecule has 0 aliphatic rings. The van der Waals surface area contributed by atoms with Gasteiger partial charge < -0.3 is 5.32 Å². The molecule has 0 radical (unpaired) electrons. The molecule has 3 rings (SSSR count). The third-order valence-corrected chi connectivity index (χ3v) is 6.81. The lowest BCUT2D eigenvalue weighted by atomic mass is 10.4. The Morgan fingerprint density at radius 2 is 1.92 bits per heavy atom. The van der Waals surface area contributed by atoms with E-state index in [4.69, 9.17) is 0 Å². The number of thiophene rings is 1. The molecule has 3 heterocycles. The number of nitrogens with zero attached hydrogens (tertiary/aromatic N) is 4. The summed E-state index contributed by atoms with van der Waals surface area (Å²) in [6.07, 6.45) is 3.18. The summed E-state index contributed by atoms with van der Waals surface area (Å²) in [5.41, 5.74) is 1.95. The Kier molecular flexibility index (Phi) is 5.35. The van der Waals surface area contributed by atoms with E-state index < -0.39 is 10.0 Å². The molecule has 3 aromatic heterocycles. The molecule has 0 saturated carbocycles. The van der Waals surface area contributed by atoms with Crippen molar-refractivity contribution in [3.8, 4) is 5.82 Å². The van der Waals surface area contributed by atoms with E-state index in [-0.39, 0.29) is 6.54 Å². The Labute approximate surface area is 156 Å². The van der Waals surface area contributed by atoms with Gasteiger partial charge in [0.2, 0.25) is 10.0 Å². The summed E-state index contributed by atoms with van der Waals surface area (Å²) in [6, 6.07) is 5.20.